The highest BCUT2D eigenvalue weighted by atomic mass is 19.3. The Balaban J connectivity index is 1.83. The predicted octanol–water partition coefficient (Wildman–Crippen LogP) is 4.36. The molecule has 1 aliphatic rings. The first kappa shape index (κ1) is 19.6. The average molecular weight is 386 g/mol. The van der Waals surface area contributed by atoms with Crippen molar-refractivity contribution >= 4 is 5.91 Å². The summed E-state index contributed by atoms with van der Waals surface area (Å²) in [4.78, 5) is 14.7. The molecule has 0 N–H and O–H groups in total. The molecule has 1 saturated carbocycles. The molecular formula is C21H20F2N2O3. The van der Waals surface area contributed by atoms with Crippen molar-refractivity contribution in [1.29, 1.82) is 5.26 Å². The minimum Gasteiger partial charge on any atom is -0.490 e. The number of rotatable bonds is 8. The highest BCUT2D eigenvalue weighted by Crippen LogP contribution is 2.33. The van der Waals surface area contributed by atoms with Crippen LogP contribution in [0.1, 0.15) is 41.3 Å². The zero-order chi connectivity index (χ0) is 20.1. The van der Waals surface area contributed by atoms with Crippen LogP contribution in [0.4, 0.5) is 8.78 Å². The van der Waals surface area contributed by atoms with Gasteiger partial charge in [0, 0.05) is 18.2 Å². The van der Waals surface area contributed by atoms with Crippen LogP contribution in [0.25, 0.3) is 0 Å². The van der Waals surface area contributed by atoms with Gasteiger partial charge in [-0.25, -0.2) is 0 Å². The van der Waals surface area contributed by atoms with E-state index in [0.717, 1.165) is 18.4 Å². The summed E-state index contributed by atoms with van der Waals surface area (Å²) in [6.07, 6.45) is 1.82. The number of hydrogen-bond donors (Lipinski definition) is 0. The molecule has 7 heteroatoms. The van der Waals surface area contributed by atoms with E-state index >= 15 is 0 Å². The Morgan fingerprint density at radius 2 is 2.04 bits per heavy atom. The minimum absolute atomic E-state index is 0.0355. The van der Waals surface area contributed by atoms with E-state index in [4.69, 9.17) is 10.00 Å². The Labute approximate surface area is 162 Å². The molecule has 2 aromatic rings. The second-order valence-electron chi connectivity index (χ2n) is 6.45. The Kier molecular flexibility index (Phi) is 6.09. The van der Waals surface area contributed by atoms with Gasteiger partial charge >= 0.3 is 6.61 Å². The van der Waals surface area contributed by atoms with Crippen LogP contribution in [0.3, 0.4) is 0 Å². The van der Waals surface area contributed by atoms with Gasteiger partial charge in [0.1, 0.15) is 0 Å². The third-order valence-corrected chi connectivity index (χ3v) is 4.36. The van der Waals surface area contributed by atoms with E-state index in [1.807, 2.05) is 6.07 Å². The number of benzene rings is 2. The van der Waals surface area contributed by atoms with Gasteiger partial charge in [0.25, 0.3) is 5.91 Å². The van der Waals surface area contributed by atoms with Crippen LogP contribution in [0.2, 0.25) is 0 Å². The minimum atomic E-state index is -2.94. The first-order valence-corrected chi connectivity index (χ1v) is 9.03. The molecule has 1 fully saturated rings. The van der Waals surface area contributed by atoms with Crippen LogP contribution in [-0.4, -0.2) is 30.1 Å². The van der Waals surface area contributed by atoms with Gasteiger partial charge in [-0.3, -0.25) is 4.79 Å². The Hall–Kier alpha value is -3.14. The van der Waals surface area contributed by atoms with Crippen molar-refractivity contribution in [3.63, 3.8) is 0 Å². The third kappa shape index (κ3) is 4.77. The van der Waals surface area contributed by atoms with Crippen molar-refractivity contribution in [2.45, 2.75) is 39.0 Å². The van der Waals surface area contributed by atoms with E-state index in [9.17, 15) is 13.6 Å². The topological polar surface area (TPSA) is 62.6 Å². The fourth-order valence-electron chi connectivity index (χ4n) is 2.95. The van der Waals surface area contributed by atoms with Gasteiger partial charge in [0.05, 0.1) is 18.2 Å². The van der Waals surface area contributed by atoms with E-state index in [0.29, 0.717) is 24.3 Å². The first-order chi connectivity index (χ1) is 13.5. The number of amides is 1. The molecule has 1 amide bonds. The maximum atomic E-state index is 13.0. The summed E-state index contributed by atoms with van der Waals surface area (Å²) in [5, 5.41) is 9.05. The number of halogens is 2. The van der Waals surface area contributed by atoms with E-state index in [1.165, 1.54) is 6.07 Å². The monoisotopic (exact) mass is 386 g/mol. The molecule has 0 unspecified atom stereocenters. The van der Waals surface area contributed by atoms with Crippen molar-refractivity contribution in [2.75, 3.05) is 6.61 Å². The normalized spacial score (nSPS) is 13.1. The van der Waals surface area contributed by atoms with Crippen LogP contribution in [-0.2, 0) is 6.54 Å². The summed E-state index contributed by atoms with van der Waals surface area (Å²) < 4.78 is 35.0. The fourth-order valence-corrected chi connectivity index (χ4v) is 2.95. The Morgan fingerprint density at radius 1 is 1.25 bits per heavy atom. The Morgan fingerprint density at radius 3 is 2.68 bits per heavy atom. The molecule has 3 rings (SSSR count). The second-order valence-corrected chi connectivity index (χ2v) is 6.45. The van der Waals surface area contributed by atoms with Gasteiger partial charge in [-0.2, -0.15) is 14.0 Å². The third-order valence-electron chi connectivity index (χ3n) is 4.36. The van der Waals surface area contributed by atoms with Gasteiger partial charge in [-0.1, -0.05) is 12.1 Å². The quantitative estimate of drug-likeness (QED) is 0.676. The Bertz CT molecular complexity index is 891. The summed E-state index contributed by atoms with van der Waals surface area (Å²) >= 11 is 0. The highest BCUT2D eigenvalue weighted by molar-refractivity contribution is 5.95. The smallest absolute Gasteiger partial charge is 0.387 e. The molecule has 1 aliphatic carbocycles. The summed E-state index contributed by atoms with van der Waals surface area (Å²) in [5.74, 6) is 0.0204. The molecule has 28 heavy (non-hydrogen) atoms. The van der Waals surface area contributed by atoms with Crippen LogP contribution in [0.5, 0.6) is 11.5 Å². The number of hydrogen-bond acceptors (Lipinski definition) is 4. The van der Waals surface area contributed by atoms with E-state index in [2.05, 4.69) is 4.74 Å². The van der Waals surface area contributed by atoms with E-state index in [1.54, 1.807) is 48.2 Å². The van der Waals surface area contributed by atoms with Gasteiger partial charge in [0.15, 0.2) is 11.5 Å². The van der Waals surface area contributed by atoms with Crippen LogP contribution < -0.4 is 9.47 Å². The van der Waals surface area contributed by atoms with Crippen molar-refractivity contribution < 1.29 is 23.0 Å². The SMILES string of the molecule is CCOc1cc(CN(C(=O)c2cccc(C#N)c2)C2CC2)ccc1OC(F)F. The zero-order valence-corrected chi connectivity index (χ0v) is 15.4. The molecule has 146 valence electrons. The fraction of sp³-hybridized carbons (Fsp3) is 0.333. The molecule has 0 radical (unpaired) electrons. The lowest BCUT2D eigenvalue weighted by Crippen LogP contribution is -2.32. The van der Waals surface area contributed by atoms with Gasteiger partial charge in [-0.15, -0.1) is 0 Å². The standard InChI is InChI=1S/C21H20F2N2O3/c1-2-27-19-11-15(6-9-18(19)28-21(22)23)13-25(17-7-8-17)20(26)16-5-3-4-14(10-16)12-24/h3-6,9-11,17,21H,2,7-8,13H2,1H3. The highest BCUT2D eigenvalue weighted by Gasteiger charge is 2.33. The number of nitrogens with zero attached hydrogens (tertiary/aromatic N) is 2. The number of carbonyl (C=O) groups excluding carboxylic acids is 1. The first-order valence-electron chi connectivity index (χ1n) is 9.03. The largest absolute Gasteiger partial charge is 0.490 e. The number of nitriles is 1. The molecule has 5 nitrogen and oxygen atoms in total. The summed E-state index contributed by atoms with van der Waals surface area (Å²) in [5.41, 5.74) is 1.63. The number of ether oxygens (including phenoxy) is 2. The van der Waals surface area contributed by atoms with Gasteiger partial charge in [-0.05, 0) is 55.7 Å². The van der Waals surface area contributed by atoms with Crippen LogP contribution in [0, 0.1) is 11.3 Å². The molecule has 0 bridgehead atoms. The van der Waals surface area contributed by atoms with E-state index in [-0.39, 0.29) is 23.4 Å². The molecule has 2 aromatic carbocycles. The second kappa shape index (κ2) is 8.70. The maximum Gasteiger partial charge on any atom is 0.387 e. The lowest BCUT2D eigenvalue weighted by molar-refractivity contribution is -0.0514. The van der Waals surface area contributed by atoms with Crippen LogP contribution in [0.15, 0.2) is 42.5 Å². The predicted molar refractivity (Wildman–Crippen MR) is 98.3 cm³/mol. The van der Waals surface area contributed by atoms with Crippen molar-refractivity contribution in [2.24, 2.45) is 0 Å². The van der Waals surface area contributed by atoms with Crippen molar-refractivity contribution in [1.82, 2.24) is 4.90 Å². The lowest BCUT2D eigenvalue weighted by atomic mass is 10.1. The molecule has 0 heterocycles. The molecular weight excluding hydrogens is 366 g/mol. The van der Waals surface area contributed by atoms with Crippen molar-refractivity contribution in [3.8, 4) is 17.6 Å². The number of alkyl halides is 2. The van der Waals surface area contributed by atoms with E-state index < -0.39 is 6.61 Å². The molecule has 0 aromatic heterocycles. The van der Waals surface area contributed by atoms with Crippen LogP contribution >= 0.6 is 0 Å². The molecule has 0 aliphatic heterocycles. The lowest BCUT2D eigenvalue weighted by Gasteiger charge is -2.23. The molecule has 0 atom stereocenters. The average Bonchev–Trinajstić information content (AvgIpc) is 3.52. The molecule has 0 spiro atoms. The summed E-state index contributed by atoms with van der Waals surface area (Å²) in [6.45, 7) is -0.576. The van der Waals surface area contributed by atoms with Gasteiger partial charge in [0.2, 0.25) is 0 Å². The van der Waals surface area contributed by atoms with Crippen molar-refractivity contribution in [3.05, 3.63) is 59.2 Å². The summed E-state index contributed by atoms with van der Waals surface area (Å²) in [6, 6.07) is 13.4. The molecule has 0 saturated heterocycles. The number of carbonyl (C=O) groups is 1. The zero-order valence-electron chi connectivity index (χ0n) is 15.4. The summed E-state index contributed by atoms with van der Waals surface area (Å²) in [7, 11) is 0. The maximum absolute atomic E-state index is 13.0. The van der Waals surface area contributed by atoms with Gasteiger partial charge < -0.3 is 14.4 Å².